The maximum Gasteiger partial charge on any atom is 0.343 e. The smallest absolute Gasteiger partial charge is 0.343 e. The molecular formula is C110H144N16O16. The van der Waals surface area contributed by atoms with E-state index >= 15 is 0 Å². The molecule has 0 aliphatic carbocycles. The first kappa shape index (κ1) is 115. The van der Waals surface area contributed by atoms with Crippen LogP contribution in [0.1, 0.15) is 365 Å². The number of carbonyl (C=O) groups is 4. The van der Waals surface area contributed by atoms with E-state index in [4.69, 9.17) is 18.9 Å². The van der Waals surface area contributed by atoms with E-state index in [2.05, 4.69) is 75.5 Å². The predicted octanol–water partition coefficient (Wildman–Crippen LogP) is 27.3. The average Bonchev–Trinajstić information content (AvgIpc) is 0.828. The maximum atomic E-state index is 13.8. The topological polar surface area (TPSA) is 468 Å². The van der Waals surface area contributed by atoms with Gasteiger partial charge in [0.05, 0.1) is 35.5 Å². The highest BCUT2D eigenvalue weighted by Crippen LogP contribution is 2.38. The van der Waals surface area contributed by atoms with Crippen molar-refractivity contribution in [2.75, 3.05) is 20.0 Å². The number of nitrogens with zero attached hydrogens (tertiary/aromatic N) is 16. The van der Waals surface area contributed by atoms with Crippen LogP contribution in [0.15, 0.2) is 157 Å². The Morgan fingerprint density at radius 1 is 0.324 bits per heavy atom. The number of azo groups is 4. The number of hydrogen-bond donors (Lipinski definition) is 4. The van der Waals surface area contributed by atoms with Gasteiger partial charge in [-0.15, -0.1) is 40.9 Å². The highest BCUT2D eigenvalue weighted by Gasteiger charge is 2.28. The van der Waals surface area contributed by atoms with Crippen molar-refractivity contribution in [2.24, 2.45) is 78.7 Å². The standard InChI is InChI=1S/C79H120N8O8.C31H24N8O8/c1-9-14-18-20-22-28-34-46-64(48-36-30-24-26-32-42-54-94-78(92)66-50-38-40-52-70(66)82-84-72-61(7)68(56-80)74(88)86(76(72)90)58-60(6)44-16-11-3)65(47-35-29-23-21-19-15-10-2)49-37-31-25-27-33-43-55-95-79(93)67-51-39-41-53-71(67)83-85-73-62(8)69(57-81)75(89)87(77(73)91)59-63(13-5)45-17-12-4;1-16-20(13-32)26(40)38(3)28(42)24(16)36-34-22-11-7-5-9-18(22)30(44)46-15-47-31(45)19-10-6-8-12-23(19)35-37-25-17(2)21(14-33)27(41)39(4)29(25)43/h38-41,50-53,60,63-65,88-89H,9-37,42-49,54-55,58-59H2,1-8H3;5-12,40-41H,15H2,1-4H3. The lowest BCUT2D eigenvalue weighted by atomic mass is 9.78. The summed E-state index contributed by atoms with van der Waals surface area (Å²) in [5, 5.41) is 114. The number of rotatable bonds is 60. The SMILES string of the molecule is CCCCCCCCCC(CCCCCCCCOC(=O)c1ccccc1N=Nc1c(C)c(C#N)c(O)n(CC(C)CCCC)c1=O)C(CCCCCCCCC)CCCCCCCCOC(=O)c1ccccc1N=Nc1c(C)c(C#N)c(O)n(CC(CC)CCCC)c1=O.Cc1c(C#N)c(O)n(C)c(=O)c1N=Nc1ccccc1C(=O)OCOC(=O)c1ccccc1N=Nc1c(C)c(C#N)c(O)n(C)c1=O. The number of unbranched alkanes of at least 4 members (excludes halogenated alkanes) is 24. The third kappa shape index (κ3) is 34.2. The average molecular weight is 1950 g/mol. The summed E-state index contributed by atoms with van der Waals surface area (Å²) in [6, 6.07) is 32.9. The fourth-order valence-corrected chi connectivity index (χ4v) is 17.3. The van der Waals surface area contributed by atoms with Gasteiger partial charge in [-0.3, -0.25) is 37.4 Å². The molecule has 4 aromatic carbocycles. The van der Waals surface area contributed by atoms with Crippen molar-refractivity contribution in [3.05, 3.63) is 205 Å². The second-order valence-corrected chi connectivity index (χ2v) is 36.6. The summed E-state index contributed by atoms with van der Waals surface area (Å²) in [6.07, 6.45) is 43.2. The van der Waals surface area contributed by atoms with Crippen LogP contribution in [0.5, 0.6) is 23.5 Å². The van der Waals surface area contributed by atoms with Gasteiger partial charge in [-0.2, -0.15) is 21.0 Å². The third-order valence-corrected chi connectivity index (χ3v) is 26.2. The number of aromatic nitrogens is 4. The number of aromatic hydroxyl groups is 4. The van der Waals surface area contributed by atoms with Gasteiger partial charge in [0.25, 0.3) is 22.2 Å². The van der Waals surface area contributed by atoms with Crippen LogP contribution in [0.3, 0.4) is 0 Å². The van der Waals surface area contributed by atoms with Gasteiger partial charge >= 0.3 is 23.9 Å². The van der Waals surface area contributed by atoms with Gasteiger partial charge in [-0.1, -0.05) is 302 Å². The van der Waals surface area contributed by atoms with Crippen molar-refractivity contribution in [2.45, 2.75) is 320 Å². The molecule has 32 nitrogen and oxygen atoms in total. The molecular weight excluding hydrogens is 1800 g/mol. The Balaban J connectivity index is 0.000000483. The van der Waals surface area contributed by atoms with Gasteiger partial charge < -0.3 is 39.4 Å². The lowest BCUT2D eigenvalue weighted by Crippen LogP contribution is -2.25. The van der Waals surface area contributed by atoms with E-state index in [-0.39, 0.29) is 149 Å². The van der Waals surface area contributed by atoms with Crippen LogP contribution in [0, 0.1) is 96.7 Å². The zero-order chi connectivity index (χ0) is 103. The zero-order valence-electron chi connectivity index (χ0n) is 85.1. The molecule has 32 heteroatoms. The first-order valence-corrected chi connectivity index (χ1v) is 50.7. The second kappa shape index (κ2) is 62.3. The molecule has 0 aliphatic heterocycles. The van der Waals surface area contributed by atoms with Crippen molar-refractivity contribution in [1.29, 1.82) is 21.0 Å². The van der Waals surface area contributed by atoms with Gasteiger partial charge in [-0.25, -0.2) is 19.2 Å². The summed E-state index contributed by atoms with van der Waals surface area (Å²) in [5.74, 6) is -2.93. The second-order valence-electron chi connectivity index (χ2n) is 36.6. The minimum Gasteiger partial charge on any atom is -0.493 e. The quantitative estimate of drug-likeness (QED) is 0.00904. The van der Waals surface area contributed by atoms with Crippen LogP contribution < -0.4 is 22.2 Å². The molecule has 0 amide bonds. The molecule has 0 radical (unpaired) electrons. The molecule has 0 saturated heterocycles. The number of benzene rings is 4. The molecule has 142 heavy (non-hydrogen) atoms. The fraction of sp³-hybridized carbons (Fsp3) is 0.527. The first-order chi connectivity index (χ1) is 68.6. The van der Waals surface area contributed by atoms with E-state index in [0.29, 0.717) is 13.2 Å². The van der Waals surface area contributed by atoms with Crippen LogP contribution in [-0.2, 0) is 46.1 Å². The van der Waals surface area contributed by atoms with Crippen LogP contribution >= 0.6 is 0 Å². The van der Waals surface area contributed by atoms with Gasteiger partial charge in [-0.05, 0) is 126 Å². The number of nitriles is 4. The van der Waals surface area contributed by atoms with E-state index in [0.717, 1.165) is 117 Å². The Labute approximate surface area is 834 Å². The zero-order valence-corrected chi connectivity index (χ0v) is 85.1. The Morgan fingerprint density at radius 3 is 0.887 bits per heavy atom. The molecule has 8 rings (SSSR count). The largest absolute Gasteiger partial charge is 0.493 e. The highest BCUT2D eigenvalue weighted by atomic mass is 16.7. The van der Waals surface area contributed by atoms with Gasteiger partial charge in [0.2, 0.25) is 30.3 Å². The summed E-state index contributed by atoms with van der Waals surface area (Å²) < 4.78 is 25.9. The van der Waals surface area contributed by atoms with E-state index in [1.165, 1.54) is 215 Å². The third-order valence-electron chi connectivity index (χ3n) is 26.2. The van der Waals surface area contributed by atoms with Crippen molar-refractivity contribution in [3.8, 4) is 47.8 Å². The molecule has 0 spiro atoms. The summed E-state index contributed by atoms with van der Waals surface area (Å²) in [7, 11) is 2.52. The number of hydrogen-bond acceptors (Lipinski definition) is 28. The van der Waals surface area contributed by atoms with Gasteiger partial charge in [0, 0.05) is 49.4 Å². The normalized spacial score (nSPS) is 12.2. The van der Waals surface area contributed by atoms with E-state index in [9.17, 15) is 79.8 Å². The summed E-state index contributed by atoms with van der Waals surface area (Å²) in [5.41, 5.74) is -1.92. The number of pyridine rings is 4. The minimum atomic E-state index is -0.944. The van der Waals surface area contributed by atoms with Gasteiger partial charge in [0.1, 0.15) is 69.3 Å². The van der Waals surface area contributed by atoms with Crippen molar-refractivity contribution >= 4 is 69.4 Å². The molecule has 0 bridgehead atoms. The number of ether oxygens (including phenoxy) is 4. The molecule has 4 aromatic heterocycles. The van der Waals surface area contributed by atoms with Crippen LogP contribution in [0.4, 0.5) is 45.5 Å². The number of esters is 4. The Hall–Kier alpha value is -13.9. The summed E-state index contributed by atoms with van der Waals surface area (Å²) >= 11 is 0. The van der Waals surface area contributed by atoms with Crippen molar-refractivity contribution in [3.63, 3.8) is 0 Å². The molecule has 760 valence electrons. The van der Waals surface area contributed by atoms with Crippen molar-refractivity contribution in [1.82, 2.24) is 18.3 Å². The molecule has 0 saturated carbocycles. The predicted molar refractivity (Wildman–Crippen MR) is 547 cm³/mol. The molecule has 0 fully saturated rings. The number of carbonyl (C=O) groups excluding carboxylic acids is 4. The van der Waals surface area contributed by atoms with Crippen LogP contribution in [-0.4, -0.2) is 82.6 Å². The Kier molecular flexibility index (Phi) is 50.5. The molecule has 4 unspecified atom stereocenters. The van der Waals surface area contributed by atoms with E-state index < -0.39 is 64.7 Å². The summed E-state index contributed by atoms with van der Waals surface area (Å²) in [6.45, 7) is 19.1. The molecule has 4 N–H and O–H groups in total. The van der Waals surface area contributed by atoms with Crippen molar-refractivity contribution < 1.29 is 58.6 Å². The fourth-order valence-electron chi connectivity index (χ4n) is 17.3. The molecule has 4 heterocycles. The summed E-state index contributed by atoms with van der Waals surface area (Å²) in [4.78, 5) is 105. The Morgan fingerprint density at radius 2 is 0.585 bits per heavy atom. The lowest BCUT2D eigenvalue weighted by Gasteiger charge is -2.28. The Bertz CT molecular complexity index is 5920. The molecule has 8 aromatic rings. The van der Waals surface area contributed by atoms with Crippen LogP contribution in [0.2, 0.25) is 0 Å². The van der Waals surface area contributed by atoms with E-state index in [1.807, 2.05) is 19.1 Å². The minimum absolute atomic E-state index is 0.00200. The monoisotopic (exact) mass is 1950 g/mol. The first-order valence-electron chi connectivity index (χ1n) is 50.7. The maximum absolute atomic E-state index is 13.8. The van der Waals surface area contributed by atoms with Gasteiger partial charge in [0.15, 0.2) is 22.7 Å². The lowest BCUT2D eigenvalue weighted by molar-refractivity contribution is -0.0167. The van der Waals surface area contributed by atoms with E-state index in [1.54, 1.807) is 86.6 Å². The highest BCUT2D eigenvalue weighted by molar-refractivity contribution is 5.97. The molecule has 4 atom stereocenters. The molecule has 0 aliphatic rings. The van der Waals surface area contributed by atoms with Crippen LogP contribution in [0.25, 0.3) is 0 Å².